The van der Waals surface area contributed by atoms with Gasteiger partial charge in [-0.15, -0.1) is 0 Å². The second kappa shape index (κ2) is 2.93. The molecule has 0 unspecified atom stereocenters. The van der Waals surface area contributed by atoms with E-state index in [0.29, 0.717) is 5.92 Å². The molecule has 0 radical (unpaired) electrons. The largest absolute Gasteiger partial charge is 0.0912 e. The minimum absolute atomic E-state index is 0.607. The molecule has 0 nitrogen and oxygen atoms in total. The van der Waals surface area contributed by atoms with E-state index in [1.165, 1.54) is 27.9 Å². The van der Waals surface area contributed by atoms with Crippen LogP contribution in [0.2, 0.25) is 0 Å². The van der Waals surface area contributed by atoms with Crippen LogP contribution in [0.4, 0.5) is 0 Å². The molecule has 0 aromatic rings. The van der Waals surface area contributed by atoms with E-state index in [-0.39, 0.29) is 0 Å². The van der Waals surface area contributed by atoms with Crippen molar-refractivity contribution >= 4 is 0 Å². The molecule has 0 bridgehead atoms. The average molecular weight is 162 g/mol. The predicted octanol–water partition coefficient (Wildman–Crippen LogP) is 3.87. The molecule has 0 heteroatoms. The normalized spacial score (nSPS) is 20.9. The summed E-state index contributed by atoms with van der Waals surface area (Å²) in [7, 11) is 0. The summed E-state index contributed by atoms with van der Waals surface area (Å²) in [5.41, 5.74) is 6.94. The Morgan fingerprint density at radius 2 is 1.25 bits per heavy atom. The lowest BCUT2D eigenvalue weighted by Gasteiger charge is -2.26. The zero-order valence-electron chi connectivity index (χ0n) is 8.78. The third kappa shape index (κ3) is 1.16. The van der Waals surface area contributed by atoms with Gasteiger partial charge in [0.2, 0.25) is 0 Å². The highest BCUT2D eigenvalue weighted by molar-refractivity contribution is 5.52. The molecular formula is C12H18. The van der Waals surface area contributed by atoms with Crippen molar-refractivity contribution in [3.05, 3.63) is 34.4 Å². The Morgan fingerprint density at radius 1 is 0.917 bits per heavy atom. The van der Waals surface area contributed by atoms with Gasteiger partial charge in [0, 0.05) is 0 Å². The smallest absolute Gasteiger partial charge is 0.00151 e. The van der Waals surface area contributed by atoms with Crippen LogP contribution < -0.4 is 0 Å². The zero-order chi connectivity index (χ0) is 9.46. The van der Waals surface area contributed by atoms with E-state index in [1.807, 2.05) is 0 Å². The summed E-state index contributed by atoms with van der Waals surface area (Å²) in [5, 5.41) is 0. The molecule has 0 aromatic heterocycles. The van der Waals surface area contributed by atoms with Gasteiger partial charge in [-0.25, -0.2) is 0 Å². The summed E-state index contributed by atoms with van der Waals surface area (Å²) in [5.74, 6) is 0.607. The van der Waals surface area contributed by atoms with E-state index >= 15 is 0 Å². The lowest BCUT2D eigenvalue weighted by Crippen LogP contribution is -2.10. The first kappa shape index (κ1) is 9.31. The van der Waals surface area contributed by atoms with E-state index in [0.717, 1.165) is 0 Å². The van der Waals surface area contributed by atoms with Crippen LogP contribution in [0.25, 0.3) is 0 Å². The monoisotopic (exact) mass is 162 g/mol. The first-order valence-electron chi connectivity index (χ1n) is 4.51. The van der Waals surface area contributed by atoms with Crippen LogP contribution in [0.1, 0.15) is 34.6 Å². The van der Waals surface area contributed by atoms with Crippen LogP contribution in [0.5, 0.6) is 0 Å². The molecule has 0 spiro atoms. The highest BCUT2D eigenvalue weighted by Crippen LogP contribution is 2.36. The van der Waals surface area contributed by atoms with Crippen molar-refractivity contribution in [2.24, 2.45) is 5.92 Å². The lowest BCUT2D eigenvalue weighted by molar-refractivity contribution is 0.762. The van der Waals surface area contributed by atoms with Crippen LogP contribution in [-0.2, 0) is 0 Å². The topological polar surface area (TPSA) is 0 Å². The fourth-order valence-electron chi connectivity index (χ4n) is 1.73. The van der Waals surface area contributed by atoms with Crippen molar-refractivity contribution in [2.45, 2.75) is 34.6 Å². The highest BCUT2D eigenvalue weighted by Gasteiger charge is 2.19. The van der Waals surface area contributed by atoms with Gasteiger partial charge in [-0.05, 0) is 50.3 Å². The van der Waals surface area contributed by atoms with Crippen LogP contribution >= 0.6 is 0 Å². The maximum atomic E-state index is 4.10. The number of hydrogen-bond acceptors (Lipinski definition) is 0. The molecule has 0 aromatic carbocycles. The van der Waals surface area contributed by atoms with Gasteiger partial charge in [-0.3, -0.25) is 0 Å². The van der Waals surface area contributed by atoms with Gasteiger partial charge in [0.05, 0.1) is 0 Å². The second-order valence-electron chi connectivity index (χ2n) is 3.82. The quantitative estimate of drug-likeness (QED) is 0.507. The zero-order valence-corrected chi connectivity index (χ0v) is 8.78. The van der Waals surface area contributed by atoms with E-state index < -0.39 is 0 Å². The Kier molecular flexibility index (Phi) is 2.27. The lowest BCUT2D eigenvalue weighted by atomic mass is 9.79. The minimum atomic E-state index is 0.607. The van der Waals surface area contributed by atoms with Gasteiger partial charge in [-0.1, -0.05) is 24.6 Å². The van der Waals surface area contributed by atoms with E-state index in [9.17, 15) is 0 Å². The van der Waals surface area contributed by atoms with Crippen molar-refractivity contribution in [1.82, 2.24) is 0 Å². The molecule has 0 aliphatic heterocycles. The molecule has 66 valence electrons. The maximum Gasteiger partial charge on any atom is -0.00151 e. The van der Waals surface area contributed by atoms with Crippen LogP contribution in [0, 0.1) is 5.92 Å². The molecule has 0 N–H and O–H groups in total. The number of hydrogen-bond donors (Lipinski definition) is 0. The van der Waals surface area contributed by atoms with E-state index in [1.54, 1.807) is 0 Å². The Morgan fingerprint density at radius 3 is 1.58 bits per heavy atom. The van der Waals surface area contributed by atoms with Gasteiger partial charge < -0.3 is 0 Å². The molecule has 12 heavy (non-hydrogen) atoms. The SMILES string of the molecule is C=C1C(C)=C(C)C(C)C(C)=C1C. The van der Waals surface area contributed by atoms with Crippen LogP contribution in [-0.4, -0.2) is 0 Å². The first-order valence-corrected chi connectivity index (χ1v) is 4.51. The average Bonchev–Trinajstić information content (AvgIpc) is 2.08. The molecule has 0 saturated carbocycles. The molecule has 0 saturated heterocycles. The molecule has 1 aliphatic rings. The Labute approximate surface area is 75.7 Å². The maximum absolute atomic E-state index is 4.10. The summed E-state index contributed by atoms with van der Waals surface area (Å²) >= 11 is 0. The molecule has 0 heterocycles. The van der Waals surface area contributed by atoms with Crippen molar-refractivity contribution in [1.29, 1.82) is 0 Å². The van der Waals surface area contributed by atoms with Crippen molar-refractivity contribution in [3.8, 4) is 0 Å². The number of allylic oxidation sites excluding steroid dienone is 5. The summed E-state index contributed by atoms with van der Waals surface area (Å²) in [6, 6.07) is 0. The van der Waals surface area contributed by atoms with Crippen LogP contribution in [0.3, 0.4) is 0 Å². The first-order chi connectivity index (χ1) is 5.46. The van der Waals surface area contributed by atoms with Crippen molar-refractivity contribution in [2.75, 3.05) is 0 Å². The van der Waals surface area contributed by atoms with Crippen molar-refractivity contribution in [3.63, 3.8) is 0 Å². The van der Waals surface area contributed by atoms with E-state index in [4.69, 9.17) is 0 Å². The second-order valence-corrected chi connectivity index (χ2v) is 3.82. The Bertz CT molecular complexity index is 259. The molecule has 1 rings (SSSR count). The number of rotatable bonds is 0. The van der Waals surface area contributed by atoms with Gasteiger partial charge in [0.1, 0.15) is 0 Å². The molecule has 0 atom stereocenters. The van der Waals surface area contributed by atoms with Crippen molar-refractivity contribution < 1.29 is 0 Å². The third-order valence-corrected chi connectivity index (χ3v) is 3.39. The van der Waals surface area contributed by atoms with Gasteiger partial charge in [0.25, 0.3) is 0 Å². The Hall–Kier alpha value is -0.780. The summed E-state index contributed by atoms with van der Waals surface area (Å²) < 4.78 is 0. The standard InChI is InChI=1S/C12H18/c1-7-8(2)10(4)12(6)11(5)9(7)3/h12H,1H2,2-6H3. The summed E-state index contributed by atoms with van der Waals surface area (Å²) in [6.45, 7) is 15.1. The van der Waals surface area contributed by atoms with Gasteiger partial charge >= 0.3 is 0 Å². The Balaban J connectivity index is 3.22. The highest BCUT2D eigenvalue weighted by atomic mass is 14.2. The predicted molar refractivity (Wildman–Crippen MR) is 55.1 cm³/mol. The fourth-order valence-corrected chi connectivity index (χ4v) is 1.73. The molecule has 0 amide bonds. The molecule has 0 fully saturated rings. The minimum Gasteiger partial charge on any atom is -0.0912 e. The summed E-state index contributed by atoms with van der Waals surface area (Å²) in [4.78, 5) is 0. The molecular weight excluding hydrogens is 144 g/mol. The van der Waals surface area contributed by atoms with Gasteiger partial charge in [-0.2, -0.15) is 0 Å². The molecule has 1 aliphatic carbocycles. The van der Waals surface area contributed by atoms with Crippen LogP contribution in [0.15, 0.2) is 34.4 Å². The third-order valence-electron chi connectivity index (χ3n) is 3.39. The van der Waals surface area contributed by atoms with E-state index in [2.05, 4.69) is 41.2 Å². The summed E-state index contributed by atoms with van der Waals surface area (Å²) in [6.07, 6.45) is 0. The van der Waals surface area contributed by atoms with Gasteiger partial charge in [0.15, 0.2) is 0 Å². The fraction of sp³-hybridized carbons (Fsp3) is 0.500.